The second-order valence-corrected chi connectivity index (χ2v) is 14.4. The van der Waals surface area contributed by atoms with Gasteiger partial charge in [-0.2, -0.15) is 0 Å². The maximum atomic E-state index is 12.5. The van der Waals surface area contributed by atoms with E-state index in [0.29, 0.717) is 6.42 Å². The Morgan fingerprint density at radius 2 is 1.12 bits per heavy atom. The van der Waals surface area contributed by atoms with E-state index in [1.807, 2.05) is 6.08 Å². The molecule has 0 bridgehead atoms. The van der Waals surface area contributed by atoms with Crippen LogP contribution >= 0.6 is 0 Å². The smallest absolute Gasteiger partial charge is 0.220 e. The minimum atomic E-state index is -1.57. The van der Waals surface area contributed by atoms with Crippen LogP contribution in [0.1, 0.15) is 168 Å². The molecule has 0 radical (unpaired) electrons. The van der Waals surface area contributed by atoms with Crippen LogP contribution in [0.4, 0.5) is 0 Å². The van der Waals surface area contributed by atoms with E-state index >= 15 is 0 Å². The predicted octanol–water partition coefficient (Wildman–Crippen LogP) is 7.72. The molecule has 51 heavy (non-hydrogen) atoms. The van der Waals surface area contributed by atoms with Crippen molar-refractivity contribution >= 4 is 5.91 Å². The number of carbonyl (C=O) groups is 1. The molecule has 6 N–H and O–H groups in total. The zero-order valence-corrected chi connectivity index (χ0v) is 32.4. The molecule has 1 amide bonds. The van der Waals surface area contributed by atoms with Crippen LogP contribution in [0, 0.1) is 0 Å². The fraction of sp³-hybridized carbons (Fsp3) is 0.833. The molecule has 1 aliphatic heterocycles. The van der Waals surface area contributed by atoms with Crippen LogP contribution < -0.4 is 5.32 Å². The summed E-state index contributed by atoms with van der Waals surface area (Å²) in [5.74, 6) is -0.218. The third kappa shape index (κ3) is 24.4. The molecule has 0 saturated carbocycles. The maximum Gasteiger partial charge on any atom is 0.220 e. The molecule has 9 heteroatoms. The summed E-state index contributed by atoms with van der Waals surface area (Å²) in [4.78, 5) is 12.5. The van der Waals surface area contributed by atoms with Gasteiger partial charge in [-0.1, -0.05) is 153 Å². The number of rotatable bonds is 33. The van der Waals surface area contributed by atoms with E-state index in [0.717, 1.165) is 44.9 Å². The van der Waals surface area contributed by atoms with Crippen molar-refractivity contribution in [2.75, 3.05) is 13.2 Å². The van der Waals surface area contributed by atoms with Gasteiger partial charge < -0.3 is 40.3 Å². The van der Waals surface area contributed by atoms with Gasteiger partial charge in [0.05, 0.1) is 25.4 Å². The minimum Gasteiger partial charge on any atom is -0.394 e. The van der Waals surface area contributed by atoms with Gasteiger partial charge in [-0.15, -0.1) is 0 Å². The quantitative estimate of drug-likeness (QED) is 0.0298. The van der Waals surface area contributed by atoms with Crippen LogP contribution in [0.15, 0.2) is 36.5 Å². The molecule has 0 aromatic rings. The van der Waals surface area contributed by atoms with Crippen LogP contribution in [0.3, 0.4) is 0 Å². The number of nitrogens with one attached hydrogen (secondary N) is 1. The zero-order valence-electron chi connectivity index (χ0n) is 32.4. The number of allylic oxidation sites excluding steroid dienone is 5. The van der Waals surface area contributed by atoms with Crippen LogP contribution in [0.2, 0.25) is 0 Å². The van der Waals surface area contributed by atoms with Crippen molar-refractivity contribution in [2.24, 2.45) is 0 Å². The summed E-state index contributed by atoms with van der Waals surface area (Å²) in [6, 6.07) is -0.820. The Morgan fingerprint density at radius 3 is 1.65 bits per heavy atom. The van der Waals surface area contributed by atoms with Crippen LogP contribution in [-0.2, 0) is 14.3 Å². The summed E-state index contributed by atoms with van der Waals surface area (Å²) >= 11 is 0. The summed E-state index contributed by atoms with van der Waals surface area (Å²) in [6.07, 6.45) is 33.0. The number of hydrogen-bond donors (Lipinski definition) is 6. The van der Waals surface area contributed by atoms with E-state index in [4.69, 9.17) is 9.47 Å². The first-order valence-electron chi connectivity index (χ1n) is 20.7. The normalized spacial score (nSPS) is 22.4. The molecule has 1 fully saturated rings. The molecule has 0 spiro atoms. The van der Waals surface area contributed by atoms with E-state index in [1.165, 1.54) is 103 Å². The molecule has 1 heterocycles. The molecule has 1 saturated heterocycles. The van der Waals surface area contributed by atoms with Crippen molar-refractivity contribution in [2.45, 2.75) is 211 Å². The van der Waals surface area contributed by atoms with Crippen LogP contribution in [0.25, 0.3) is 0 Å². The van der Waals surface area contributed by atoms with Crippen molar-refractivity contribution in [1.29, 1.82) is 0 Å². The zero-order chi connectivity index (χ0) is 37.4. The number of unbranched alkanes of at least 4 members (excludes halogenated alkanes) is 19. The Bertz CT molecular complexity index is 894. The van der Waals surface area contributed by atoms with Gasteiger partial charge in [-0.25, -0.2) is 0 Å². The highest BCUT2D eigenvalue weighted by atomic mass is 16.7. The predicted molar refractivity (Wildman–Crippen MR) is 207 cm³/mol. The Hall–Kier alpha value is -1.59. The molecule has 7 atom stereocenters. The average Bonchev–Trinajstić information content (AvgIpc) is 3.13. The van der Waals surface area contributed by atoms with Gasteiger partial charge in [0.2, 0.25) is 5.91 Å². The summed E-state index contributed by atoms with van der Waals surface area (Å²) in [6.45, 7) is 3.56. The molecular weight excluding hydrogens is 646 g/mol. The highest BCUT2D eigenvalue weighted by Gasteiger charge is 2.44. The SMILES string of the molecule is CCCCCCCCCCCCCCCCC/C=C/CC/C=C/CC/C=C/C(O)C(COC1OC(CO)C(O)C(O)C1O)NC(=O)CCCCC. The molecule has 9 nitrogen and oxygen atoms in total. The van der Waals surface area contributed by atoms with Crippen molar-refractivity contribution in [3.63, 3.8) is 0 Å². The highest BCUT2D eigenvalue weighted by Crippen LogP contribution is 2.22. The van der Waals surface area contributed by atoms with E-state index in [2.05, 4.69) is 43.5 Å². The third-order valence-corrected chi connectivity index (χ3v) is 9.70. The summed E-state index contributed by atoms with van der Waals surface area (Å²) < 4.78 is 11.0. The highest BCUT2D eigenvalue weighted by molar-refractivity contribution is 5.76. The number of aliphatic hydroxyl groups is 5. The first-order chi connectivity index (χ1) is 24.8. The van der Waals surface area contributed by atoms with Gasteiger partial charge in [0.25, 0.3) is 0 Å². The monoisotopic (exact) mass is 724 g/mol. The molecular formula is C42H77NO8. The lowest BCUT2D eigenvalue weighted by molar-refractivity contribution is -0.302. The van der Waals surface area contributed by atoms with Crippen molar-refractivity contribution < 1.29 is 39.8 Å². The summed E-state index contributed by atoms with van der Waals surface area (Å²) in [7, 11) is 0. The lowest BCUT2D eigenvalue weighted by Gasteiger charge is -2.40. The Balaban J connectivity index is 2.21. The van der Waals surface area contributed by atoms with Gasteiger partial charge in [0.15, 0.2) is 6.29 Å². The standard InChI is InChI=1S/C42H77NO8/c1-3-5-7-8-9-10-11-12-13-14-15-16-17-18-19-20-21-22-23-24-25-26-27-28-30-31-36(45)35(43-38(46)32-29-6-4-2)34-50-42-41(49)40(48)39(47)37(33-44)51-42/h21-22,25-26,30-31,35-37,39-42,44-45,47-49H,3-20,23-24,27-29,32-34H2,1-2H3,(H,43,46)/b22-21+,26-25+,31-30+. The Labute approximate surface area is 311 Å². The molecule has 1 aliphatic rings. The molecule has 298 valence electrons. The second kappa shape index (κ2) is 33.0. The lowest BCUT2D eigenvalue weighted by Crippen LogP contribution is -2.60. The van der Waals surface area contributed by atoms with Gasteiger partial charge >= 0.3 is 0 Å². The van der Waals surface area contributed by atoms with Crippen LogP contribution in [0.5, 0.6) is 0 Å². The number of ether oxygens (including phenoxy) is 2. The van der Waals surface area contributed by atoms with E-state index < -0.39 is 49.5 Å². The Morgan fingerprint density at radius 1 is 0.647 bits per heavy atom. The van der Waals surface area contributed by atoms with Gasteiger partial charge in [-0.05, 0) is 44.9 Å². The topological polar surface area (TPSA) is 149 Å². The molecule has 7 unspecified atom stereocenters. The van der Waals surface area contributed by atoms with Crippen molar-refractivity contribution in [1.82, 2.24) is 5.32 Å². The van der Waals surface area contributed by atoms with Gasteiger partial charge in [0, 0.05) is 6.42 Å². The third-order valence-electron chi connectivity index (χ3n) is 9.70. The fourth-order valence-electron chi connectivity index (χ4n) is 6.30. The molecule has 1 rings (SSSR count). The summed E-state index contributed by atoms with van der Waals surface area (Å²) in [5, 5.41) is 53.4. The Kier molecular flexibility index (Phi) is 30.7. The first-order valence-corrected chi connectivity index (χ1v) is 20.7. The number of carbonyl (C=O) groups excluding carboxylic acids is 1. The number of hydrogen-bond acceptors (Lipinski definition) is 8. The van der Waals surface area contributed by atoms with Crippen molar-refractivity contribution in [3.8, 4) is 0 Å². The molecule has 0 aromatic heterocycles. The lowest BCUT2D eigenvalue weighted by atomic mass is 9.99. The maximum absolute atomic E-state index is 12.5. The van der Waals surface area contributed by atoms with Crippen LogP contribution in [-0.4, -0.2) is 87.5 Å². The largest absolute Gasteiger partial charge is 0.394 e. The van der Waals surface area contributed by atoms with E-state index in [9.17, 15) is 30.3 Å². The van der Waals surface area contributed by atoms with E-state index in [1.54, 1.807) is 6.08 Å². The molecule has 0 aromatic carbocycles. The van der Waals surface area contributed by atoms with Gasteiger partial charge in [-0.3, -0.25) is 4.79 Å². The second-order valence-electron chi connectivity index (χ2n) is 14.4. The molecule has 0 aliphatic carbocycles. The van der Waals surface area contributed by atoms with E-state index in [-0.39, 0.29) is 12.5 Å². The number of amides is 1. The first kappa shape index (κ1) is 47.4. The summed E-state index contributed by atoms with van der Waals surface area (Å²) in [5.41, 5.74) is 0. The fourth-order valence-corrected chi connectivity index (χ4v) is 6.30. The van der Waals surface area contributed by atoms with Crippen molar-refractivity contribution in [3.05, 3.63) is 36.5 Å². The average molecular weight is 724 g/mol. The minimum absolute atomic E-state index is 0.208. The van der Waals surface area contributed by atoms with Gasteiger partial charge in [0.1, 0.15) is 24.4 Å². The number of aliphatic hydroxyl groups excluding tert-OH is 5.